The number of ether oxygens (including phenoxy) is 1. The highest BCUT2D eigenvalue weighted by Crippen LogP contribution is 2.40. The number of aromatic amines is 1. The summed E-state index contributed by atoms with van der Waals surface area (Å²) in [5, 5.41) is 0. The van der Waals surface area contributed by atoms with Crippen LogP contribution < -0.4 is 5.73 Å². The quantitative estimate of drug-likeness (QED) is 0.654. The van der Waals surface area contributed by atoms with Gasteiger partial charge in [0, 0.05) is 43.2 Å². The number of carbonyl (C=O) groups is 1. The minimum atomic E-state index is -0.145. The molecule has 1 aliphatic rings. The maximum Gasteiger partial charge on any atom is 0.264 e. The lowest BCUT2D eigenvalue weighted by atomic mass is 9.99. The predicted octanol–water partition coefficient (Wildman–Crippen LogP) is 4.22. The molecule has 1 amide bonds. The van der Waals surface area contributed by atoms with Gasteiger partial charge in [-0.1, -0.05) is 13.8 Å². The minimum absolute atomic E-state index is 0.0226. The molecule has 0 aliphatic carbocycles. The van der Waals surface area contributed by atoms with Crippen LogP contribution in [0.2, 0.25) is 0 Å². The number of amides is 1. The molecule has 6 nitrogen and oxygen atoms in total. The van der Waals surface area contributed by atoms with E-state index in [1.54, 1.807) is 18.4 Å². The predicted molar refractivity (Wildman–Crippen MR) is 122 cm³/mol. The summed E-state index contributed by atoms with van der Waals surface area (Å²) in [4.78, 5) is 23.9. The lowest BCUT2D eigenvalue weighted by Gasteiger charge is -2.35. The van der Waals surface area contributed by atoms with Crippen LogP contribution in [0.4, 0.5) is 0 Å². The standard InChI is InChI=1S/C23H30N4O2S/c1-12(2)20-21(15-8-13(3)25-14(4)9-15)26-17-10-19(30-22(17)20)23(28)27-7-6-18(29-5)16(24)11-27/h8-10,12,16,18,26H,6-7,11,24H2,1-5H3/t16?,18-/m1/s1. The molecule has 2 atom stereocenters. The first kappa shape index (κ1) is 21.0. The Balaban J connectivity index is 1.69. The Morgan fingerprint density at radius 1 is 1.30 bits per heavy atom. The Morgan fingerprint density at radius 3 is 2.60 bits per heavy atom. The number of nitrogens with one attached hydrogen (secondary N) is 1. The average Bonchev–Trinajstić information content (AvgIpc) is 3.24. The topological polar surface area (TPSA) is 84.2 Å². The van der Waals surface area contributed by atoms with Crippen molar-refractivity contribution in [3.63, 3.8) is 0 Å². The molecular weight excluding hydrogens is 396 g/mol. The van der Waals surface area contributed by atoms with Crippen molar-refractivity contribution in [1.29, 1.82) is 0 Å². The molecule has 0 bridgehead atoms. The van der Waals surface area contributed by atoms with Crippen LogP contribution in [-0.2, 0) is 4.74 Å². The van der Waals surface area contributed by atoms with Crippen molar-refractivity contribution in [3.8, 4) is 11.3 Å². The molecular formula is C23H30N4O2S. The van der Waals surface area contributed by atoms with Gasteiger partial charge in [0.1, 0.15) is 0 Å². The van der Waals surface area contributed by atoms with Crippen molar-refractivity contribution in [1.82, 2.24) is 14.9 Å². The molecule has 7 heteroatoms. The number of carbonyl (C=O) groups excluding carboxylic acids is 1. The summed E-state index contributed by atoms with van der Waals surface area (Å²) in [7, 11) is 1.68. The van der Waals surface area contributed by atoms with Crippen molar-refractivity contribution in [3.05, 3.63) is 40.0 Å². The molecule has 4 rings (SSSR count). The van der Waals surface area contributed by atoms with E-state index in [1.807, 2.05) is 24.8 Å². The van der Waals surface area contributed by atoms with Gasteiger partial charge in [-0.15, -0.1) is 11.3 Å². The summed E-state index contributed by atoms with van der Waals surface area (Å²) in [5.41, 5.74) is 12.8. The number of fused-ring (bicyclic) bond motifs is 1. The first-order valence-electron chi connectivity index (χ1n) is 10.5. The van der Waals surface area contributed by atoms with Crippen molar-refractivity contribution in [2.75, 3.05) is 20.2 Å². The van der Waals surface area contributed by atoms with Gasteiger partial charge in [0.2, 0.25) is 0 Å². The number of piperidine rings is 1. The first-order valence-corrected chi connectivity index (χ1v) is 11.3. The van der Waals surface area contributed by atoms with Crippen LogP contribution in [0, 0.1) is 13.8 Å². The van der Waals surface area contributed by atoms with Crippen molar-refractivity contribution < 1.29 is 9.53 Å². The van der Waals surface area contributed by atoms with E-state index >= 15 is 0 Å². The Kier molecular flexibility index (Phi) is 5.70. The number of hydrogen-bond acceptors (Lipinski definition) is 5. The van der Waals surface area contributed by atoms with Crippen molar-refractivity contribution >= 4 is 27.5 Å². The van der Waals surface area contributed by atoms with Crippen LogP contribution in [0.5, 0.6) is 0 Å². The zero-order chi connectivity index (χ0) is 21.6. The van der Waals surface area contributed by atoms with Gasteiger partial charge in [0.05, 0.1) is 26.9 Å². The van der Waals surface area contributed by atoms with Crippen molar-refractivity contribution in [2.45, 2.75) is 52.2 Å². The third kappa shape index (κ3) is 3.77. The lowest BCUT2D eigenvalue weighted by Crippen LogP contribution is -2.53. The molecule has 3 N–H and O–H groups in total. The molecule has 1 saturated heterocycles. The number of rotatable bonds is 4. The van der Waals surface area contributed by atoms with Gasteiger partial charge in [-0.2, -0.15) is 0 Å². The number of nitrogens with two attached hydrogens (primary N) is 1. The number of thiophene rings is 1. The monoisotopic (exact) mass is 426 g/mol. The fourth-order valence-corrected chi connectivity index (χ4v) is 5.74. The van der Waals surface area contributed by atoms with E-state index in [1.165, 1.54) is 5.56 Å². The number of nitrogens with zero attached hydrogens (tertiary/aromatic N) is 2. The first-order chi connectivity index (χ1) is 14.3. The largest absolute Gasteiger partial charge is 0.380 e. The maximum atomic E-state index is 13.2. The van der Waals surface area contributed by atoms with E-state index in [2.05, 4.69) is 35.9 Å². The number of pyridine rings is 1. The molecule has 0 saturated carbocycles. The van der Waals surface area contributed by atoms with Gasteiger partial charge >= 0.3 is 0 Å². The highest BCUT2D eigenvalue weighted by molar-refractivity contribution is 7.21. The summed E-state index contributed by atoms with van der Waals surface area (Å²) >= 11 is 1.58. The number of hydrogen-bond donors (Lipinski definition) is 2. The molecule has 3 aromatic rings. The number of aryl methyl sites for hydroxylation is 2. The molecule has 4 heterocycles. The molecule has 1 fully saturated rings. The van der Waals surface area contributed by atoms with E-state index in [0.717, 1.165) is 44.2 Å². The van der Waals surface area contributed by atoms with E-state index in [4.69, 9.17) is 10.5 Å². The summed E-state index contributed by atoms with van der Waals surface area (Å²) in [6.45, 7) is 9.64. The van der Waals surface area contributed by atoms with E-state index < -0.39 is 0 Å². The number of H-pyrrole nitrogens is 1. The van der Waals surface area contributed by atoms with Gasteiger partial charge in [0.15, 0.2) is 0 Å². The molecule has 1 unspecified atom stereocenters. The van der Waals surface area contributed by atoms with Crippen LogP contribution in [0.3, 0.4) is 0 Å². The molecule has 30 heavy (non-hydrogen) atoms. The number of likely N-dealkylation sites (tertiary alicyclic amines) is 1. The average molecular weight is 427 g/mol. The van der Waals surface area contributed by atoms with Crippen LogP contribution in [0.15, 0.2) is 18.2 Å². The highest BCUT2D eigenvalue weighted by Gasteiger charge is 2.31. The van der Waals surface area contributed by atoms with Crippen molar-refractivity contribution in [2.24, 2.45) is 5.73 Å². The number of aromatic nitrogens is 2. The van der Waals surface area contributed by atoms with Crippen LogP contribution in [-0.4, -0.2) is 53.1 Å². The summed E-state index contributed by atoms with van der Waals surface area (Å²) < 4.78 is 6.58. The Hall–Kier alpha value is -2.22. The Morgan fingerprint density at radius 2 is 2.00 bits per heavy atom. The summed E-state index contributed by atoms with van der Waals surface area (Å²) in [5.74, 6) is 0.386. The molecule has 0 spiro atoms. The van der Waals surface area contributed by atoms with Gasteiger partial charge in [-0.25, -0.2) is 0 Å². The zero-order valence-corrected chi connectivity index (χ0v) is 19.1. The second-order valence-corrected chi connectivity index (χ2v) is 9.59. The van der Waals surface area contributed by atoms with E-state index in [9.17, 15) is 4.79 Å². The summed E-state index contributed by atoms with van der Waals surface area (Å²) in [6, 6.07) is 6.07. The third-order valence-electron chi connectivity index (χ3n) is 5.85. The molecule has 1 aliphatic heterocycles. The number of methoxy groups -OCH3 is 1. The smallest absolute Gasteiger partial charge is 0.264 e. The molecule has 160 valence electrons. The second-order valence-electron chi connectivity index (χ2n) is 8.54. The fourth-order valence-electron chi connectivity index (χ4n) is 4.46. The Bertz CT molecular complexity index is 1060. The molecule has 3 aromatic heterocycles. The van der Waals surface area contributed by atoms with E-state index in [-0.39, 0.29) is 18.1 Å². The molecule has 0 aromatic carbocycles. The van der Waals surface area contributed by atoms with Gasteiger partial charge in [0.25, 0.3) is 5.91 Å². The molecule has 0 radical (unpaired) electrons. The van der Waals surface area contributed by atoms with Gasteiger partial charge in [-0.3, -0.25) is 9.78 Å². The third-order valence-corrected chi connectivity index (χ3v) is 7.00. The summed E-state index contributed by atoms with van der Waals surface area (Å²) in [6.07, 6.45) is 0.795. The lowest BCUT2D eigenvalue weighted by molar-refractivity contribution is 0.0229. The second kappa shape index (κ2) is 8.13. The van der Waals surface area contributed by atoms with Crippen LogP contribution in [0.1, 0.15) is 52.8 Å². The van der Waals surface area contributed by atoms with Crippen LogP contribution in [0.25, 0.3) is 21.5 Å². The SMILES string of the molecule is CO[C@@H]1CCN(C(=O)c2cc3[nH]c(-c4cc(C)nc(C)c4)c(C(C)C)c3s2)CC1N. The fraction of sp³-hybridized carbons (Fsp3) is 0.478. The van der Waals surface area contributed by atoms with Crippen LogP contribution >= 0.6 is 11.3 Å². The van der Waals surface area contributed by atoms with E-state index in [0.29, 0.717) is 19.0 Å². The minimum Gasteiger partial charge on any atom is -0.380 e. The Labute approximate surface area is 181 Å². The maximum absolute atomic E-state index is 13.2. The van der Waals surface area contributed by atoms with Gasteiger partial charge in [-0.05, 0) is 49.9 Å². The highest BCUT2D eigenvalue weighted by atomic mass is 32.1. The van der Waals surface area contributed by atoms with Gasteiger partial charge < -0.3 is 20.4 Å². The zero-order valence-electron chi connectivity index (χ0n) is 18.3. The normalized spacial score (nSPS) is 19.8.